The first-order valence-electron chi connectivity index (χ1n) is 9.46. The lowest BCUT2D eigenvalue weighted by molar-refractivity contribution is 0.262. The Labute approximate surface area is 184 Å². The van der Waals surface area contributed by atoms with Gasteiger partial charge < -0.3 is 10.6 Å². The second-order valence-electron chi connectivity index (χ2n) is 6.73. The van der Waals surface area contributed by atoms with Crippen LogP contribution in [0, 0.1) is 0 Å². The lowest BCUT2D eigenvalue weighted by Crippen LogP contribution is -2.19. The highest BCUT2D eigenvalue weighted by atomic mass is 32.2. The van der Waals surface area contributed by atoms with E-state index >= 15 is 0 Å². The zero-order valence-electron chi connectivity index (χ0n) is 16.4. The van der Waals surface area contributed by atoms with Crippen molar-refractivity contribution in [1.29, 1.82) is 0 Å². The van der Waals surface area contributed by atoms with Crippen LogP contribution in [0.2, 0.25) is 0 Å². The average Bonchev–Trinajstić information content (AvgIpc) is 3.28. The van der Waals surface area contributed by atoms with Crippen LogP contribution in [-0.4, -0.2) is 19.4 Å². The van der Waals surface area contributed by atoms with E-state index in [1.165, 1.54) is 11.3 Å². The minimum absolute atomic E-state index is 0.119. The Kier molecular flexibility index (Phi) is 6.11. The van der Waals surface area contributed by atoms with Gasteiger partial charge in [0.2, 0.25) is 0 Å². The first-order valence-corrected chi connectivity index (χ1v) is 11.9. The summed E-state index contributed by atoms with van der Waals surface area (Å²) < 4.78 is 25.9. The van der Waals surface area contributed by atoms with Crippen molar-refractivity contribution < 1.29 is 13.2 Å². The van der Waals surface area contributed by atoms with E-state index in [0.29, 0.717) is 21.1 Å². The number of pyridine rings is 1. The number of thiophene rings is 1. The molecule has 4 aromatic rings. The number of benzene rings is 2. The number of nitrogens with zero attached hydrogens (tertiary/aromatic N) is 1. The van der Waals surface area contributed by atoms with Crippen LogP contribution < -0.4 is 10.6 Å². The molecule has 0 saturated carbocycles. The summed E-state index contributed by atoms with van der Waals surface area (Å²) >= 11 is 1.21. The summed E-state index contributed by atoms with van der Waals surface area (Å²) in [6.45, 7) is 0. The molecule has 6 nitrogen and oxygen atoms in total. The van der Waals surface area contributed by atoms with Crippen LogP contribution in [-0.2, 0) is 15.6 Å². The maximum Gasteiger partial charge on any atom is 0.323 e. The molecule has 0 spiro atoms. The van der Waals surface area contributed by atoms with E-state index < -0.39 is 9.84 Å². The molecule has 0 saturated heterocycles. The lowest BCUT2D eigenvalue weighted by Gasteiger charge is -2.08. The van der Waals surface area contributed by atoms with Gasteiger partial charge in [-0.2, -0.15) is 0 Å². The van der Waals surface area contributed by atoms with Gasteiger partial charge in [-0.3, -0.25) is 4.98 Å². The van der Waals surface area contributed by atoms with Gasteiger partial charge in [0.1, 0.15) is 4.21 Å². The van der Waals surface area contributed by atoms with E-state index in [1.807, 2.05) is 36.4 Å². The van der Waals surface area contributed by atoms with Crippen LogP contribution in [0.15, 0.2) is 95.3 Å². The summed E-state index contributed by atoms with van der Waals surface area (Å²) in [6, 6.07) is 24.4. The number of sulfone groups is 1. The summed E-state index contributed by atoms with van der Waals surface area (Å²) in [5.41, 5.74) is 2.65. The fourth-order valence-electron chi connectivity index (χ4n) is 2.92. The molecule has 0 aliphatic rings. The Morgan fingerprint density at radius 3 is 2.16 bits per heavy atom. The molecule has 31 heavy (non-hydrogen) atoms. The van der Waals surface area contributed by atoms with E-state index in [0.717, 1.165) is 10.6 Å². The van der Waals surface area contributed by atoms with E-state index in [-0.39, 0.29) is 11.8 Å². The number of amides is 2. The topological polar surface area (TPSA) is 88.2 Å². The molecule has 0 bridgehead atoms. The average molecular weight is 450 g/mol. The predicted molar refractivity (Wildman–Crippen MR) is 124 cm³/mol. The molecule has 8 heteroatoms. The van der Waals surface area contributed by atoms with Crippen molar-refractivity contribution in [2.45, 2.75) is 9.96 Å². The number of urea groups is 1. The monoisotopic (exact) mass is 449 g/mol. The maximum atomic E-state index is 12.8. The van der Waals surface area contributed by atoms with Crippen LogP contribution in [0.4, 0.5) is 16.2 Å². The number of carbonyl (C=O) groups excluding carboxylic acids is 1. The molecule has 2 aromatic heterocycles. The second-order valence-corrected chi connectivity index (χ2v) is 10.0. The third kappa shape index (κ3) is 5.36. The van der Waals surface area contributed by atoms with Crippen molar-refractivity contribution in [3.05, 3.63) is 96.7 Å². The predicted octanol–water partition coefficient (Wildman–Crippen LogP) is 5.43. The molecule has 0 aliphatic carbocycles. The number of para-hydroxylation sites is 1. The number of hydrogen-bond acceptors (Lipinski definition) is 5. The van der Waals surface area contributed by atoms with Gasteiger partial charge in [-0.05, 0) is 54.1 Å². The highest BCUT2D eigenvalue weighted by molar-refractivity contribution is 7.92. The van der Waals surface area contributed by atoms with Crippen LogP contribution in [0.1, 0.15) is 5.56 Å². The molecular formula is C23H19N3O3S2. The van der Waals surface area contributed by atoms with Crippen LogP contribution in [0.5, 0.6) is 0 Å². The van der Waals surface area contributed by atoms with Gasteiger partial charge in [-0.25, -0.2) is 13.2 Å². The van der Waals surface area contributed by atoms with Crippen molar-refractivity contribution in [2.24, 2.45) is 0 Å². The van der Waals surface area contributed by atoms with E-state index in [2.05, 4.69) is 15.6 Å². The Hall–Kier alpha value is -3.49. The van der Waals surface area contributed by atoms with Gasteiger partial charge in [-0.15, -0.1) is 11.3 Å². The third-order valence-corrected chi connectivity index (χ3v) is 7.78. The van der Waals surface area contributed by atoms with Gasteiger partial charge in [0.25, 0.3) is 0 Å². The molecule has 4 rings (SSSR count). The standard InChI is InChI=1S/C23H19N3O3S2/c27-23(25-18-6-2-1-3-7-18)26-19-11-9-17(10-12-19)16-31(28,29)22-14-13-21(30-22)20-8-4-5-15-24-20/h1-15H,16H2,(H2,25,26,27). The van der Waals surface area contributed by atoms with Crippen molar-refractivity contribution >= 4 is 38.6 Å². The quantitative estimate of drug-likeness (QED) is 0.411. The Morgan fingerprint density at radius 2 is 1.48 bits per heavy atom. The van der Waals surface area contributed by atoms with Crippen molar-refractivity contribution in [1.82, 2.24) is 4.98 Å². The highest BCUT2D eigenvalue weighted by Gasteiger charge is 2.19. The number of rotatable bonds is 6. The largest absolute Gasteiger partial charge is 0.323 e. The summed E-state index contributed by atoms with van der Waals surface area (Å²) in [5.74, 6) is -0.119. The van der Waals surface area contributed by atoms with Crippen molar-refractivity contribution in [2.75, 3.05) is 10.6 Å². The van der Waals surface area contributed by atoms with Crippen molar-refractivity contribution in [3.63, 3.8) is 0 Å². The lowest BCUT2D eigenvalue weighted by atomic mass is 10.2. The summed E-state index contributed by atoms with van der Waals surface area (Å²) in [5, 5.41) is 5.46. The van der Waals surface area contributed by atoms with Crippen molar-refractivity contribution in [3.8, 4) is 10.6 Å². The van der Waals surface area contributed by atoms with Crippen LogP contribution in [0.3, 0.4) is 0 Å². The summed E-state index contributed by atoms with van der Waals surface area (Å²) in [7, 11) is -3.49. The second kappa shape index (κ2) is 9.11. The Bertz CT molecular complexity index is 1270. The molecule has 0 unspecified atom stereocenters. The minimum atomic E-state index is -3.49. The number of anilines is 2. The number of carbonyl (C=O) groups is 1. The van der Waals surface area contributed by atoms with Gasteiger partial charge in [0, 0.05) is 17.6 Å². The Morgan fingerprint density at radius 1 is 0.806 bits per heavy atom. The molecule has 0 aliphatic heterocycles. The molecule has 0 fully saturated rings. The molecule has 2 aromatic carbocycles. The molecule has 0 radical (unpaired) electrons. The van der Waals surface area contributed by atoms with E-state index in [4.69, 9.17) is 0 Å². The van der Waals surface area contributed by atoms with Crippen LogP contribution in [0.25, 0.3) is 10.6 Å². The summed E-state index contributed by atoms with van der Waals surface area (Å²) in [4.78, 5) is 17.2. The van der Waals surface area contributed by atoms with Gasteiger partial charge in [0.05, 0.1) is 16.3 Å². The molecule has 0 atom stereocenters. The van der Waals surface area contributed by atoms with Crippen LogP contribution >= 0.6 is 11.3 Å². The van der Waals surface area contributed by atoms with Gasteiger partial charge in [0.15, 0.2) is 9.84 Å². The number of hydrogen-bond donors (Lipinski definition) is 2. The molecular weight excluding hydrogens is 430 g/mol. The first kappa shape index (κ1) is 20.8. The minimum Gasteiger partial charge on any atom is -0.308 e. The van der Waals surface area contributed by atoms with E-state index in [9.17, 15) is 13.2 Å². The Balaban J connectivity index is 1.40. The molecule has 156 valence electrons. The third-order valence-electron chi connectivity index (χ3n) is 4.41. The van der Waals surface area contributed by atoms with Gasteiger partial charge >= 0.3 is 6.03 Å². The first-order chi connectivity index (χ1) is 15.0. The number of nitrogens with one attached hydrogen (secondary N) is 2. The SMILES string of the molecule is O=C(Nc1ccccc1)Nc1ccc(CS(=O)(=O)c2ccc(-c3ccccn3)s2)cc1. The molecule has 2 N–H and O–H groups in total. The maximum absolute atomic E-state index is 12.8. The number of aromatic nitrogens is 1. The molecule has 2 heterocycles. The van der Waals surface area contributed by atoms with Gasteiger partial charge in [-0.1, -0.05) is 36.4 Å². The highest BCUT2D eigenvalue weighted by Crippen LogP contribution is 2.31. The smallest absolute Gasteiger partial charge is 0.308 e. The zero-order valence-corrected chi connectivity index (χ0v) is 18.0. The fourth-order valence-corrected chi connectivity index (χ4v) is 5.64. The van der Waals surface area contributed by atoms with E-state index in [1.54, 1.807) is 54.7 Å². The molecule has 2 amide bonds. The normalized spacial score (nSPS) is 11.1. The zero-order chi connectivity index (χ0) is 21.7. The summed E-state index contributed by atoms with van der Waals surface area (Å²) in [6.07, 6.45) is 1.68. The fraction of sp³-hybridized carbons (Fsp3) is 0.0435.